The molecule has 0 aliphatic carbocycles. The van der Waals surface area contributed by atoms with Crippen molar-refractivity contribution in [3.05, 3.63) is 35.4 Å². The van der Waals surface area contributed by atoms with Crippen molar-refractivity contribution >= 4 is 11.7 Å². The van der Waals surface area contributed by atoms with Gasteiger partial charge in [-0.25, -0.2) is 0 Å². The Morgan fingerprint density at radius 2 is 1.76 bits per heavy atom. The van der Waals surface area contributed by atoms with Gasteiger partial charge in [0.1, 0.15) is 0 Å². The third kappa shape index (κ3) is 4.81. The summed E-state index contributed by atoms with van der Waals surface area (Å²) in [5.74, 6) is 0.124. The number of nitrogens with one attached hydrogen (secondary N) is 1. The number of Topliss-reactive ketones (excluding diaryl/α,β-unsaturated/α-hetero) is 1. The lowest BCUT2D eigenvalue weighted by Gasteiger charge is -2.02. The van der Waals surface area contributed by atoms with E-state index in [0.29, 0.717) is 25.8 Å². The van der Waals surface area contributed by atoms with Crippen molar-refractivity contribution in [2.24, 2.45) is 0 Å². The average Bonchev–Trinajstić information content (AvgIpc) is 2.30. The van der Waals surface area contributed by atoms with Gasteiger partial charge >= 0.3 is 0 Å². The van der Waals surface area contributed by atoms with Crippen LogP contribution in [0.1, 0.15) is 42.1 Å². The van der Waals surface area contributed by atoms with E-state index in [1.165, 1.54) is 0 Å². The van der Waals surface area contributed by atoms with Gasteiger partial charge in [-0.05, 0) is 20.3 Å². The molecule has 1 aromatic carbocycles. The molecule has 17 heavy (non-hydrogen) atoms. The van der Waals surface area contributed by atoms with Crippen molar-refractivity contribution in [1.82, 2.24) is 5.32 Å². The highest BCUT2D eigenvalue weighted by molar-refractivity contribution is 5.96. The third-order valence-electron chi connectivity index (χ3n) is 2.56. The molecule has 0 spiro atoms. The van der Waals surface area contributed by atoms with Gasteiger partial charge in [-0.3, -0.25) is 9.59 Å². The first kappa shape index (κ1) is 13.4. The van der Waals surface area contributed by atoms with Gasteiger partial charge < -0.3 is 5.32 Å². The molecular formula is C14H19NO2. The largest absolute Gasteiger partial charge is 0.356 e. The third-order valence-corrected chi connectivity index (χ3v) is 2.56. The van der Waals surface area contributed by atoms with Gasteiger partial charge in [0.15, 0.2) is 5.78 Å². The minimum atomic E-state index is 0.0178. The predicted molar refractivity (Wildman–Crippen MR) is 68.0 cm³/mol. The number of hydrogen-bond acceptors (Lipinski definition) is 2. The lowest BCUT2D eigenvalue weighted by Crippen LogP contribution is -2.22. The normalized spacial score (nSPS) is 10.0. The van der Waals surface area contributed by atoms with E-state index >= 15 is 0 Å². The molecule has 0 aliphatic rings. The zero-order valence-electron chi connectivity index (χ0n) is 10.5. The van der Waals surface area contributed by atoms with Gasteiger partial charge in [0, 0.05) is 24.9 Å². The molecule has 0 atom stereocenters. The number of hydrogen-bond donors (Lipinski definition) is 1. The van der Waals surface area contributed by atoms with Crippen molar-refractivity contribution in [1.29, 1.82) is 0 Å². The molecule has 0 aromatic heterocycles. The van der Waals surface area contributed by atoms with Gasteiger partial charge in [-0.1, -0.05) is 29.8 Å². The summed E-state index contributed by atoms with van der Waals surface area (Å²) in [4.78, 5) is 22.9. The van der Waals surface area contributed by atoms with Crippen LogP contribution in [-0.4, -0.2) is 18.2 Å². The standard InChI is InChI=1S/C14H19NO2/c1-3-15-14(17)6-4-5-13(16)12-9-7-11(2)8-10-12/h7-10H,3-6H2,1-2H3,(H,15,17). The van der Waals surface area contributed by atoms with Crippen LogP contribution in [0.2, 0.25) is 0 Å². The van der Waals surface area contributed by atoms with Crippen molar-refractivity contribution < 1.29 is 9.59 Å². The molecule has 0 saturated heterocycles. The first-order valence-corrected chi connectivity index (χ1v) is 6.00. The van der Waals surface area contributed by atoms with E-state index in [1.807, 2.05) is 38.1 Å². The Hall–Kier alpha value is -1.64. The maximum absolute atomic E-state index is 11.8. The number of carbonyl (C=O) groups excluding carboxylic acids is 2. The zero-order chi connectivity index (χ0) is 12.7. The molecule has 0 unspecified atom stereocenters. The van der Waals surface area contributed by atoms with Crippen molar-refractivity contribution in [2.75, 3.05) is 6.54 Å². The monoisotopic (exact) mass is 233 g/mol. The van der Waals surface area contributed by atoms with E-state index in [9.17, 15) is 9.59 Å². The Bertz CT molecular complexity index is 382. The SMILES string of the molecule is CCNC(=O)CCCC(=O)c1ccc(C)cc1. The Morgan fingerprint density at radius 3 is 2.35 bits per heavy atom. The maximum Gasteiger partial charge on any atom is 0.219 e. The van der Waals surface area contributed by atoms with E-state index in [4.69, 9.17) is 0 Å². The molecule has 0 fully saturated rings. The van der Waals surface area contributed by atoms with E-state index in [0.717, 1.165) is 11.1 Å². The van der Waals surface area contributed by atoms with Crippen LogP contribution in [0.3, 0.4) is 0 Å². The van der Waals surface area contributed by atoms with E-state index < -0.39 is 0 Å². The number of ketones is 1. The Morgan fingerprint density at radius 1 is 1.12 bits per heavy atom. The maximum atomic E-state index is 11.8. The van der Waals surface area contributed by atoms with Crippen molar-refractivity contribution in [3.8, 4) is 0 Å². The highest BCUT2D eigenvalue weighted by Gasteiger charge is 2.06. The molecule has 1 aromatic rings. The zero-order valence-corrected chi connectivity index (χ0v) is 10.5. The van der Waals surface area contributed by atoms with E-state index in [2.05, 4.69) is 5.32 Å². The Balaban J connectivity index is 2.35. The summed E-state index contributed by atoms with van der Waals surface area (Å²) in [6.45, 7) is 4.52. The number of benzene rings is 1. The minimum absolute atomic E-state index is 0.0178. The van der Waals surface area contributed by atoms with Crippen LogP contribution in [0.25, 0.3) is 0 Å². The molecule has 1 rings (SSSR count). The summed E-state index contributed by atoms with van der Waals surface area (Å²) < 4.78 is 0. The fourth-order valence-corrected chi connectivity index (χ4v) is 1.58. The second kappa shape index (κ2) is 6.84. The highest BCUT2D eigenvalue weighted by Crippen LogP contribution is 2.08. The lowest BCUT2D eigenvalue weighted by atomic mass is 10.0. The number of rotatable bonds is 6. The molecule has 3 nitrogen and oxygen atoms in total. The molecule has 92 valence electrons. The number of amides is 1. The second-order valence-electron chi connectivity index (χ2n) is 4.10. The Labute approximate surface area is 102 Å². The van der Waals surface area contributed by atoms with Crippen molar-refractivity contribution in [2.45, 2.75) is 33.1 Å². The van der Waals surface area contributed by atoms with Crippen molar-refractivity contribution in [3.63, 3.8) is 0 Å². The first-order valence-electron chi connectivity index (χ1n) is 6.00. The molecule has 0 bridgehead atoms. The summed E-state index contributed by atoms with van der Waals surface area (Å²) in [5.41, 5.74) is 1.87. The fraction of sp³-hybridized carbons (Fsp3) is 0.429. The van der Waals surface area contributed by atoms with Gasteiger partial charge in [-0.2, -0.15) is 0 Å². The summed E-state index contributed by atoms with van der Waals surface area (Å²) in [5, 5.41) is 2.72. The van der Waals surface area contributed by atoms with Gasteiger partial charge in [0.2, 0.25) is 5.91 Å². The van der Waals surface area contributed by atoms with Crippen LogP contribution in [-0.2, 0) is 4.79 Å². The quantitative estimate of drug-likeness (QED) is 0.767. The van der Waals surface area contributed by atoms with E-state index in [-0.39, 0.29) is 11.7 Å². The molecule has 1 amide bonds. The van der Waals surface area contributed by atoms with Crippen LogP contribution in [0.4, 0.5) is 0 Å². The lowest BCUT2D eigenvalue weighted by molar-refractivity contribution is -0.121. The topological polar surface area (TPSA) is 46.2 Å². The van der Waals surface area contributed by atoms with Gasteiger partial charge in [0.25, 0.3) is 0 Å². The summed E-state index contributed by atoms with van der Waals surface area (Å²) in [6.07, 6.45) is 1.46. The van der Waals surface area contributed by atoms with Gasteiger partial charge in [-0.15, -0.1) is 0 Å². The molecule has 0 saturated carbocycles. The van der Waals surface area contributed by atoms with Crippen LogP contribution in [0.15, 0.2) is 24.3 Å². The van der Waals surface area contributed by atoms with Gasteiger partial charge in [0.05, 0.1) is 0 Å². The molecule has 1 N–H and O–H groups in total. The molecule has 3 heteroatoms. The van der Waals surface area contributed by atoms with Crippen LogP contribution < -0.4 is 5.32 Å². The summed E-state index contributed by atoms with van der Waals surface area (Å²) in [6, 6.07) is 7.53. The Kier molecular flexibility index (Phi) is 5.40. The highest BCUT2D eigenvalue weighted by atomic mass is 16.1. The molecule has 0 heterocycles. The number of carbonyl (C=O) groups is 2. The van der Waals surface area contributed by atoms with E-state index in [1.54, 1.807) is 0 Å². The van der Waals surface area contributed by atoms with Crippen LogP contribution >= 0.6 is 0 Å². The second-order valence-corrected chi connectivity index (χ2v) is 4.10. The summed E-state index contributed by atoms with van der Waals surface area (Å²) in [7, 11) is 0. The molecule has 0 aliphatic heterocycles. The van der Waals surface area contributed by atoms with Crippen LogP contribution in [0, 0.1) is 6.92 Å². The fourth-order valence-electron chi connectivity index (χ4n) is 1.58. The minimum Gasteiger partial charge on any atom is -0.356 e. The molecular weight excluding hydrogens is 214 g/mol. The first-order chi connectivity index (χ1) is 8.13. The number of aryl methyl sites for hydroxylation is 1. The predicted octanol–water partition coefficient (Wildman–Crippen LogP) is 2.48. The van der Waals surface area contributed by atoms with Crippen LogP contribution in [0.5, 0.6) is 0 Å². The smallest absolute Gasteiger partial charge is 0.219 e. The molecule has 0 radical (unpaired) electrons. The average molecular weight is 233 g/mol. The summed E-state index contributed by atoms with van der Waals surface area (Å²) >= 11 is 0.